The number of rotatable bonds is 3. The Morgan fingerprint density at radius 1 is 0.750 bits per heavy atom. The zero-order chi connectivity index (χ0) is 17.8. The lowest BCUT2D eigenvalue weighted by Crippen LogP contribution is -2.74. The lowest BCUT2D eigenvalue weighted by atomic mass is 9.70. The number of hydrogen-bond donors (Lipinski definition) is 0. The molecule has 0 aromatic rings. The summed E-state index contributed by atoms with van der Waals surface area (Å²) in [6.45, 7) is 25.9. The first-order chi connectivity index (χ1) is 10.9. The number of hydrogen-bond acceptors (Lipinski definition) is 3. The van der Waals surface area contributed by atoms with Crippen LogP contribution in [0.2, 0.25) is 0 Å². The van der Waals surface area contributed by atoms with Crippen LogP contribution < -0.4 is 0 Å². The van der Waals surface area contributed by atoms with Crippen molar-refractivity contribution < 1.29 is 0 Å². The molecule has 0 saturated carbocycles. The van der Waals surface area contributed by atoms with Crippen molar-refractivity contribution in [3.05, 3.63) is 0 Å². The Morgan fingerprint density at radius 2 is 1.25 bits per heavy atom. The van der Waals surface area contributed by atoms with Crippen LogP contribution in [-0.2, 0) is 0 Å². The summed E-state index contributed by atoms with van der Waals surface area (Å²) in [5.41, 5.74) is 1.93. The Morgan fingerprint density at radius 3 is 1.71 bits per heavy atom. The molecule has 0 N–H and O–H groups in total. The van der Waals surface area contributed by atoms with Crippen molar-refractivity contribution in [2.75, 3.05) is 45.8 Å². The molecule has 3 heteroatoms. The molecule has 0 radical (unpaired) electrons. The normalized spacial score (nSPS) is 28.6. The second-order valence-electron chi connectivity index (χ2n) is 11.5. The third-order valence-electron chi connectivity index (χ3n) is 7.07. The molecule has 24 heavy (non-hydrogen) atoms. The molecule has 0 aromatic carbocycles. The third-order valence-corrected chi connectivity index (χ3v) is 7.07. The van der Waals surface area contributed by atoms with Gasteiger partial charge in [0.1, 0.15) is 0 Å². The molecular formula is C21H41N3. The summed E-state index contributed by atoms with van der Waals surface area (Å²) >= 11 is 0. The van der Waals surface area contributed by atoms with Gasteiger partial charge in [-0.25, -0.2) is 0 Å². The maximum absolute atomic E-state index is 2.72. The average molecular weight is 336 g/mol. The Labute approximate surface area is 150 Å². The molecule has 0 unspecified atom stereocenters. The van der Waals surface area contributed by atoms with Crippen molar-refractivity contribution in [2.24, 2.45) is 10.8 Å². The summed E-state index contributed by atoms with van der Waals surface area (Å²) in [4.78, 5) is 8.04. The highest BCUT2D eigenvalue weighted by Gasteiger charge is 2.53. The largest absolute Gasteiger partial charge is 0.302 e. The molecule has 3 fully saturated rings. The standard InChI is InChI=1S/C21H41N3/c1-18(2,3)23-12-9-20(7,10-13-23)8-11-22-14-21(15-22)16-24(17-21)19(4,5)6/h8-17H2,1-7H3. The highest BCUT2D eigenvalue weighted by Crippen LogP contribution is 2.44. The van der Waals surface area contributed by atoms with Gasteiger partial charge >= 0.3 is 0 Å². The minimum Gasteiger partial charge on any atom is -0.302 e. The van der Waals surface area contributed by atoms with E-state index in [2.05, 4.69) is 63.2 Å². The summed E-state index contributed by atoms with van der Waals surface area (Å²) in [6, 6.07) is 0. The fraction of sp³-hybridized carbons (Fsp3) is 1.00. The first-order valence-electron chi connectivity index (χ1n) is 10.1. The van der Waals surface area contributed by atoms with Crippen LogP contribution in [0.4, 0.5) is 0 Å². The lowest BCUT2D eigenvalue weighted by Gasteiger charge is -2.64. The quantitative estimate of drug-likeness (QED) is 0.779. The molecule has 0 aromatic heterocycles. The van der Waals surface area contributed by atoms with Gasteiger partial charge in [-0.15, -0.1) is 0 Å². The van der Waals surface area contributed by atoms with E-state index in [1.807, 2.05) is 0 Å². The molecule has 3 nitrogen and oxygen atoms in total. The smallest absolute Gasteiger partial charge is 0.0212 e. The number of likely N-dealkylation sites (tertiary alicyclic amines) is 3. The van der Waals surface area contributed by atoms with Crippen LogP contribution in [0.25, 0.3) is 0 Å². The van der Waals surface area contributed by atoms with Gasteiger partial charge in [-0.05, 0) is 85.9 Å². The fourth-order valence-corrected chi connectivity index (χ4v) is 4.89. The second kappa shape index (κ2) is 5.96. The Bertz CT molecular complexity index is 435. The topological polar surface area (TPSA) is 9.72 Å². The van der Waals surface area contributed by atoms with Crippen molar-refractivity contribution in [3.8, 4) is 0 Å². The summed E-state index contributed by atoms with van der Waals surface area (Å²) in [5, 5.41) is 0. The molecular weight excluding hydrogens is 294 g/mol. The highest BCUT2D eigenvalue weighted by atomic mass is 15.3. The Hall–Kier alpha value is -0.120. The van der Waals surface area contributed by atoms with E-state index in [9.17, 15) is 0 Å². The summed E-state index contributed by atoms with van der Waals surface area (Å²) < 4.78 is 0. The van der Waals surface area contributed by atoms with Crippen LogP contribution in [-0.4, -0.2) is 71.6 Å². The van der Waals surface area contributed by atoms with Crippen molar-refractivity contribution >= 4 is 0 Å². The summed E-state index contributed by atoms with van der Waals surface area (Å²) in [6.07, 6.45) is 4.14. The van der Waals surface area contributed by atoms with Crippen LogP contribution in [0, 0.1) is 10.8 Å². The van der Waals surface area contributed by atoms with Gasteiger partial charge in [0.05, 0.1) is 0 Å². The van der Waals surface area contributed by atoms with Crippen LogP contribution in [0.5, 0.6) is 0 Å². The van der Waals surface area contributed by atoms with Gasteiger partial charge in [-0.3, -0.25) is 9.80 Å². The van der Waals surface area contributed by atoms with Crippen molar-refractivity contribution in [2.45, 2.75) is 78.8 Å². The SMILES string of the molecule is CC1(CCN2CC3(C2)CN(C(C)(C)C)C3)CCN(C(C)(C)C)CC1. The maximum Gasteiger partial charge on any atom is 0.0212 e. The van der Waals surface area contributed by atoms with Crippen LogP contribution >= 0.6 is 0 Å². The minimum absolute atomic E-state index is 0.342. The number of piperidine rings is 1. The Balaban J connectivity index is 1.37. The van der Waals surface area contributed by atoms with E-state index in [-0.39, 0.29) is 0 Å². The van der Waals surface area contributed by atoms with E-state index in [0.29, 0.717) is 21.9 Å². The van der Waals surface area contributed by atoms with E-state index in [4.69, 9.17) is 0 Å². The van der Waals surface area contributed by atoms with E-state index in [1.165, 1.54) is 65.1 Å². The zero-order valence-electron chi connectivity index (χ0n) is 17.4. The first-order valence-corrected chi connectivity index (χ1v) is 10.1. The molecule has 0 atom stereocenters. The highest BCUT2D eigenvalue weighted by molar-refractivity contribution is 5.08. The predicted molar refractivity (Wildman–Crippen MR) is 103 cm³/mol. The average Bonchev–Trinajstić information content (AvgIpc) is 2.32. The lowest BCUT2D eigenvalue weighted by molar-refractivity contribution is -0.146. The van der Waals surface area contributed by atoms with Gasteiger partial charge in [-0.1, -0.05) is 6.92 Å². The van der Waals surface area contributed by atoms with Gasteiger partial charge in [0.25, 0.3) is 0 Å². The second-order valence-corrected chi connectivity index (χ2v) is 11.5. The molecule has 0 amide bonds. The molecule has 3 aliphatic heterocycles. The molecule has 3 saturated heterocycles. The van der Waals surface area contributed by atoms with Crippen molar-refractivity contribution in [3.63, 3.8) is 0 Å². The van der Waals surface area contributed by atoms with Gasteiger partial charge in [0.15, 0.2) is 0 Å². The molecule has 3 heterocycles. The monoisotopic (exact) mass is 335 g/mol. The van der Waals surface area contributed by atoms with E-state index < -0.39 is 0 Å². The van der Waals surface area contributed by atoms with Crippen molar-refractivity contribution in [1.82, 2.24) is 14.7 Å². The van der Waals surface area contributed by atoms with Crippen molar-refractivity contribution in [1.29, 1.82) is 0 Å². The molecule has 140 valence electrons. The van der Waals surface area contributed by atoms with Crippen LogP contribution in [0.1, 0.15) is 67.7 Å². The molecule has 3 rings (SSSR count). The minimum atomic E-state index is 0.342. The third kappa shape index (κ3) is 3.83. The predicted octanol–water partition coefficient (Wildman–Crippen LogP) is 3.69. The summed E-state index contributed by atoms with van der Waals surface area (Å²) in [7, 11) is 0. The van der Waals surface area contributed by atoms with Crippen LogP contribution in [0.3, 0.4) is 0 Å². The van der Waals surface area contributed by atoms with E-state index in [1.54, 1.807) is 0 Å². The van der Waals surface area contributed by atoms with Gasteiger partial charge in [0.2, 0.25) is 0 Å². The maximum atomic E-state index is 2.72. The van der Waals surface area contributed by atoms with E-state index >= 15 is 0 Å². The fourth-order valence-electron chi connectivity index (χ4n) is 4.89. The zero-order valence-corrected chi connectivity index (χ0v) is 17.4. The van der Waals surface area contributed by atoms with Crippen LogP contribution in [0.15, 0.2) is 0 Å². The van der Waals surface area contributed by atoms with E-state index in [0.717, 1.165) is 0 Å². The molecule has 0 aliphatic carbocycles. The van der Waals surface area contributed by atoms with Gasteiger partial charge in [-0.2, -0.15) is 0 Å². The number of nitrogens with zero attached hydrogens (tertiary/aromatic N) is 3. The Kier molecular flexibility index (Phi) is 4.63. The first kappa shape index (κ1) is 18.7. The van der Waals surface area contributed by atoms with Gasteiger partial charge < -0.3 is 4.90 Å². The summed E-state index contributed by atoms with van der Waals surface area (Å²) in [5.74, 6) is 0. The molecule has 3 aliphatic rings. The molecule has 1 spiro atoms. The van der Waals surface area contributed by atoms with Gasteiger partial charge in [0, 0.05) is 42.7 Å². The molecule has 0 bridgehead atoms.